The number of nitrogens with two attached hydrogens (primary N) is 1. The monoisotopic (exact) mass is 232 g/mol. The summed E-state index contributed by atoms with van der Waals surface area (Å²) >= 11 is 0. The van der Waals surface area contributed by atoms with Gasteiger partial charge in [-0.2, -0.15) is 5.10 Å². The Hall–Kier alpha value is -1.91. The molecule has 2 aromatic rings. The fourth-order valence-corrected chi connectivity index (χ4v) is 1.75. The van der Waals surface area contributed by atoms with Crippen molar-refractivity contribution in [3.63, 3.8) is 0 Å². The molecule has 0 aromatic carbocycles. The van der Waals surface area contributed by atoms with Gasteiger partial charge in [0.1, 0.15) is 0 Å². The van der Waals surface area contributed by atoms with Crippen LogP contribution in [0.1, 0.15) is 42.5 Å². The van der Waals surface area contributed by atoms with E-state index in [2.05, 4.69) is 15.2 Å². The van der Waals surface area contributed by atoms with Gasteiger partial charge in [0.15, 0.2) is 5.65 Å². The summed E-state index contributed by atoms with van der Waals surface area (Å²) in [7, 11) is 0. The molecule has 0 radical (unpaired) electrons. The molecule has 0 atom stereocenters. The van der Waals surface area contributed by atoms with Crippen molar-refractivity contribution in [2.45, 2.75) is 33.1 Å². The highest BCUT2D eigenvalue weighted by atomic mass is 16.1. The van der Waals surface area contributed by atoms with Crippen LogP contribution in [0.5, 0.6) is 0 Å². The van der Waals surface area contributed by atoms with E-state index in [1.54, 1.807) is 6.07 Å². The average Bonchev–Trinajstić information content (AvgIpc) is 2.58. The van der Waals surface area contributed by atoms with Crippen LogP contribution in [0.2, 0.25) is 0 Å². The van der Waals surface area contributed by atoms with Gasteiger partial charge in [-0.3, -0.25) is 9.89 Å². The number of hydrogen-bond acceptors (Lipinski definition) is 3. The van der Waals surface area contributed by atoms with Crippen molar-refractivity contribution in [2.24, 2.45) is 5.73 Å². The van der Waals surface area contributed by atoms with E-state index in [1.165, 1.54) is 0 Å². The lowest BCUT2D eigenvalue weighted by Crippen LogP contribution is -2.18. The van der Waals surface area contributed by atoms with Gasteiger partial charge in [0.2, 0.25) is 5.91 Å². The van der Waals surface area contributed by atoms with Crippen LogP contribution in [0.15, 0.2) is 6.07 Å². The highest BCUT2D eigenvalue weighted by Gasteiger charge is 2.21. The largest absolute Gasteiger partial charge is 0.366 e. The van der Waals surface area contributed by atoms with Gasteiger partial charge in [0.25, 0.3) is 0 Å². The zero-order chi connectivity index (χ0) is 12.8. The van der Waals surface area contributed by atoms with Gasteiger partial charge in [0.05, 0.1) is 10.9 Å². The van der Waals surface area contributed by atoms with Crippen molar-refractivity contribution in [2.75, 3.05) is 0 Å². The second kappa shape index (κ2) is 3.55. The summed E-state index contributed by atoms with van der Waals surface area (Å²) in [5.41, 5.74) is 7.90. The van der Waals surface area contributed by atoms with Crippen LogP contribution in [0.3, 0.4) is 0 Å². The van der Waals surface area contributed by atoms with E-state index in [-0.39, 0.29) is 5.41 Å². The molecule has 0 bridgehead atoms. The Kier molecular flexibility index (Phi) is 2.41. The maximum absolute atomic E-state index is 11.5. The Labute approximate surface area is 99.4 Å². The first-order chi connectivity index (χ1) is 7.80. The number of nitrogens with zero attached hydrogens (tertiary/aromatic N) is 2. The summed E-state index contributed by atoms with van der Waals surface area (Å²) < 4.78 is 0. The van der Waals surface area contributed by atoms with Crippen LogP contribution in [0.25, 0.3) is 11.0 Å². The minimum atomic E-state index is -0.451. The number of pyridine rings is 1. The number of amides is 1. The van der Waals surface area contributed by atoms with Crippen LogP contribution in [0.4, 0.5) is 0 Å². The molecule has 0 aliphatic rings. The molecule has 3 N–H and O–H groups in total. The average molecular weight is 232 g/mol. The van der Waals surface area contributed by atoms with Gasteiger partial charge in [-0.1, -0.05) is 20.8 Å². The van der Waals surface area contributed by atoms with Crippen LogP contribution in [-0.2, 0) is 5.41 Å². The molecule has 90 valence electrons. The van der Waals surface area contributed by atoms with Crippen LogP contribution in [0, 0.1) is 6.92 Å². The Balaban J connectivity index is 2.83. The van der Waals surface area contributed by atoms with Crippen molar-refractivity contribution in [3.05, 3.63) is 23.0 Å². The second-order valence-electron chi connectivity index (χ2n) is 5.22. The Morgan fingerprint density at radius 2 is 2.06 bits per heavy atom. The van der Waals surface area contributed by atoms with Crippen molar-refractivity contribution in [1.82, 2.24) is 15.2 Å². The molecule has 2 rings (SSSR count). The molecule has 5 heteroatoms. The molecule has 0 unspecified atom stereocenters. The zero-order valence-corrected chi connectivity index (χ0v) is 10.5. The van der Waals surface area contributed by atoms with E-state index in [4.69, 9.17) is 5.73 Å². The smallest absolute Gasteiger partial charge is 0.249 e. The predicted molar refractivity (Wildman–Crippen MR) is 65.8 cm³/mol. The van der Waals surface area contributed by atoms with Crippen molar-refractivity contribution >= 4 is 16.9 Å². The molecule has 17 heavy (non-hydrogen) atoms. The number of primary amides is 1. The van der Waals surface area contributed by atoms with Crippen molar-refractivity contribution < 1.29 is 4.79 Å². The summed E-state index contributed by atoms with van der Waals surface area (Å²) in [5.74, 6) is -0.451. The molecular weight excluding hydrogens is 216 g/mol. The summed E-state index contributed by atoms with van der Waals surface area (Å²) in [6, 6.07) is 1.76. The van der Waals surface area contributed by atoms with Crippen LogP contribution >= 0.6 is 0 Å². The molecule has 1 amide bonds. The van der Waals surface area contributed by atoms with E-state index >= 15 is 0 Å². The third kappa shape index (κ3) is 1.88. The maximum atomic E-state index is 11.5. The quantitative estimate of drug-likeness (QED) is 0.784. The molecule has 5 nitrogen and oxygen atoms in total. The maximum Gasteiger partial charge on any atom is 0.249 e. The molecular formula is C12H16N4O. The molecule has 0 fully saturated rings. The van der Waals surface area contributed by atoms with Gasteiger partial charge in [-0.05, 0) is 13.0 Å². The number of aromatic amines is 1. The minimum absolute atomic E-state index is 0.148. The van der Waals surface area contributed by atoms with Crippen molar-refractivity contribution in [1.29, 1.82) is 0 Å². The second-order valence-corrected chi connectivity index (χ2v) is 5.22. The minimum Gasteiger partial charge on any atom is -0.366 e. The van der Waals surface area contributed by atoms with Gasteiger partial charge < -0.3 is 5.73 Å². The predicted octanol–water partition coefficient (Wildman–Crippen LogP) is 1.66. The molecule has 0 aliphatic carbocycles. The molecule has 0 saturated heterocycles. The lowest BCUT2D eigenvalue weighted by Gasteiger charge is -2.18. The number of rotatable bonds is 1. The third-order valence-corrected chi connectivity index (χ3v) is 2.74. The first kappa shape index (κ1) is 11.6. The van der Waals surface area contributed by atoms with Crippen LogP contribution < -0.4 is 5.73 Å². The van der Waals surface area contributed by atoms with Gasteiger partial charge in [-0.15, -0.1) is 0 Å². The van der Waals surface area contributed by atoms with E-state index in [1.807, 2.05) is 27.7 Å². The number of hydrogen-bond donors (Lipinski definition) is 2. The zero-order valence-electron chi connectivity index (χ0n) is 10.5. The fraction of sp³-hybridized carbons (Fsp3) is 0.417. The van der Waals surface area contributed by atoms with E-state index < -0.39 is 5.91 Å². The number of carbonyl (C=O) groups excluding carboxylic acids is 1. The lowest BCUT2D eigenvalue weighted by molar-refractivity contribution is 0.100. The molecule has 0 aliphatic heterocycles. The number of H-pyrrole nitrogens is 1. The SMILES string of the molecule is Cc1[nH]nc2nc(C(C)(C)C)cc(C(N)=O)c12. The van der Waals surface area contributed by atoms with Gasteiger partial charge >= 0.3 is 0 Å². The first-order valence-electron chi connectivity index (χ1n) is 5.46. The van der Waals surface area contributed by atoms with E-state index in [9.17, 15) is 4.79 Å². The lowest BCUT2D eigenvalue weighted by atomic mass is 9.90. The standard InChI is InChI=1S/C12H16N4O/c1-6-9-7(10(13)17)5-8(12(2,3)4)14-11(9)16-15-6/h5H,1-4H3,(H2,13,17)(H,14,15,16). The van der Waals surface area contributed by atoms with E-state index in [0.29, 0.717) is 16.6 Å². The Morgan fingerprint density at radius 3 is 2.59 bits per heavy atom. The van der Waals surface area contributed by atoms with E-state index in [0.717, 1.165) is 11.4 Å². The molecule has 0 saturated carbocycles. The highest BCUT2D eigenvalue weighted by molar-refractivity contribution is 6.05. The number of aromatic nitrogens is 3. The number of nitrogens with one attached hydrogen (secondary N) is 1. The number of aryl methyl sites for hydroxylation is 1. The summed E-state index contributed by atoms with van der Waals surface area (Å²) in [6.45, 7) is 7.95. The summed E-state index contributed by atoms with van der Waals surface area (Å²) in [5, 5.41) is 7.64. The van der Waals surface area contributed by atoms with Crippen LogP contribution in [-0.4, -0.2) is 21.1 Å². The number of fused-ring (bicyclic) bond motifs is 1. The highest BCUT2D eigenvalue weighted by Crippen LogP contribution is 2.26. The molecule has 0 spiro atoms. The van der Waals surface area contributed by atoms with Gasteiger partial charge in [-0.25, -0.2) is 4.98 Å². The summed E-state index contributed by atoms with van der Waals surface area (Å²) in [4.78, 5) is 16.0. The van der Waals surface area contributed by atoms with Crippen molar-refractivity contribution in [3.8, 4) is 0 Å². The topological polar surface area (TPSA) is 84.7 Å². The molecule has 2 heterocycles. The van der Waals surface area contributed by atoms with Gasteiger partial charge in [0, 0.05) is 16.8 Å². The normalized spacial score (nSPS) is 12.0. The first-order valence-corrected chi connectivity index (χ1v) is 5.46. The Bertz CT molecular complexity index is 592. The summed E-state index contributed by atoms with van der Waals surface area (Å²) in [6.07, 6.45) is 0. The fourth-order valence-electron chi connectivity index (χ4n) is 1.75. The molecule has 2 aromatic heterocycles. The number of carbonyl (C=O) groups is 1. The Morgan fingerprint density at radius 1 is 1.41 bits per heavy atom. The third-order valence-electron chi connectivity index (χ3n) is 2.74.